The molecule has 3 aliphatic rings. The number of ether oxygens (including phenoxy) is 2. The maximum absolute atomic E-state index is 13.0. The summed E-state index contributed by atoms with van der Waals surface area (Å²) in [7, 11) is 0. The van der Waals surface area contributed by atoms with E-state index in [1.54, 1.807) is 0 Å². The van der Waals surface area contributed by atoms with Crippen LogP contribution in [0, 0.1) is 6.92 Å². The second kappa shape index (κ2) is 6.46. The monoisotopic (exact) mass is 389 g/mol. The average Bonchev–Trinajstić information content (AvgIpc) is 3.49. The normalized spacial score (nSPS) is 20.3. The van der Waals surface area contributed by atoms with E-state index < -0.39 is 0 Å². The minimum absolute atomic E-state index is 0.0469. The van der Waals surface area contributed by atoms with Crippen molar-refractivity contribution in [1.29, 1.82) is 0 Å². The molecule has 2 aromatic rings. The van der Waals surface area contributed by atoms with E-state index in [9.17, 15) is 4.79 Å². The fraction of sp³-hybridized carbons (Fsp3) is 0.400. The summed E-state index contributed by atoms with van der Waals surface area (Å²) in [4.78, 5) is 15.4. The lowest BCUT2D eigenvalue weighted by Gasteiger charge is -2.30. The average molecular weight is 389 g/mol. The standard InChI is InChI=1S/C25H27NO3/c1-15-23-17(13-26(14-28-23)19-9-10-19)12-20-22(27)21(29-24(15)20)11-16-5-7-18(8-6-16)25(2,3)4/h5-8,11-12,19H,9-10,13-14H2,1-4H3/b21-11-. The lowest BCUT2D eigenvalue weighted by molar-refractivity contribution is 0.0872. The number of ketones is 1. The molecule has 1 aliphatic carbocycles. The van der Waals surface area contributed by atoms with Gasteiger partial charge in [-0.15, -0.1) is 0 Å². The molecule has 0 radical (unpaired) electrons. The van der Waals surface area contributed by atoms with E-state index in [1.165, 1.54) is 18.4 Å². The van der Waals surface area contributed by atoms with Crippen molar-refractivity contribution in [1.82, 2.24) is 4.90 Å². The first-order valence-electron chi connectivity index (χ1n) is 10.4. The van der Waals surface area contributed by atoms with Gasteiger partial charge in [0, 0.05) is 23.7 Å². The highest BCUT2D eigenvalue weighted by Crippen LogP contribution is 2.44. The predicted molar refractivity (Wildman–Crippen MR) is 113 cm³/mol. The minimum atomic E-state index is -0.0469. The molecule has 0 saturated heterocycles. The quantitative estimate of drug-likeness (QED) is 0.660. The van der Waals surface area contributed by atoms with Crippen LogP contribution in [0.1, 0.15) is 66.2 Å². The Kier molecular flexibility index (Phi) is 4.11. The fourth-order valence-electron chi connectivity index (χ4n) is 4.17. The molecule has 0 amide bonds. The number of carbonyl (C=O) groups is 1. The Hall–Kier alpha value is -2.59. The number of nitrogens with zero attached hydrogens (tertiary/aromatic N) is 1. The van der Waals surface area contributed by atoms with Crippen LogP contribution < -0.4 is 9.47 Å². The van der Waals surface area contributed by atoms with Crippen molar-refractivity contribution in [2.45, 2.75) is 58.5 Å². The van der Waals surface area contributed by atoms with Crippen molar-refractivity contribution in [3.63, 3.8) is 0 Å². The smallest absolute Gasteiger partial charge is 0.231 e. The maximum atomic E-state index is 13.0. The van der Waals surface area contributed by atoms with Gasteiger partial charge in [-0.2, -0.15) is 0 Å². The van der Waals surface area contributed by atoms with Crippen LogP contribution in [-0.4, -0.2) is 23.5 Å². The predicted octanol–water partition coefficient (Wildman–Crippen LogP) is 5.22. The number of Topliss-reactive ketones (excluding diaryl/α,β-unsaturated/α-hetero) is 1. The third kappa shape index (κ3) is 3.25. The van der Waals surface area contributed by atoms with Crippen LogP contribution in [0.2, 0.25) is 0 Å². The molecular formula is C25H27NO3. The molecule has 0 N–H and O–H groups in total. The zero-order chi connectivity index (χ0) is 20.3. The van der Waals surface area contributed by atoms with Crippen LogP contribution in [0.5, 0.6) is 11.5 Å². The first kappa shape index (κ1) is 18.4. The Morgan fingerprint density at radius 2 is 1.83 bits per heavy atom. The third-order valence-corrected chi connectivity index (χ3v) is 6.10. The number of hydrogen-bond donors (Lipinski definition) is 0. The van der Waals surface area contributed by atoms with Crippen molar-refractivity contribution in [3.05, 3.63) is 63.9 Å². The molecule has 0 aromatic heterocycles. The van der Waals surface area contributed by atoms with Crippen molar-refractivity contribution in [3.8, 4) is 11.5 Å². The van der Waals surface area contributed by atoms with Crippen LogP contribution in [-0.2, 0) is 12.0 Å². The largest absolute Gasteiger partial charge is 0.477 e. The van der Waals surface area contributed by atoms with Crippen molar-refractivity contribution in [2.75, 3.05) is 6.73 Å². The van der Waals surface area contributed by atoms with Gasteiger partial charge in [0.2, 0.25) is 5.78 Å². The molecule has 150 valence electrons. The molecule has 0 spiro atoms. The molecule has 0 atom stereocenters. The highest BCUT2D eigenvalue weighted by atomic mass is 16.5. The fourth-order valence-corrected chi connectivity index (χ4v) is 4.17. The summed E-state index contributed by atoms with van der Waals surface area (Å²) in [5.74, 6) is 1.86. The molecule has 1 fully saturated rings. The van der Waals surface area contributed by atoms with Gasteiger partial charge < -0.3 is 9.47 Å². The Morgan fingerprint density at radius 3 is 2.48 bits per heavy atom. The second-order valence-corrected chi connectivity index (χ2v) is 9.43. The lowest BCUT2D eigenvalue weighted by Crippen LogP contribution is -2.34. The number of carbonyl (C=O) groups excluding carboxylic acids is 1. The maximum Gasteiger partial charge on any atom is 0.231 e. The molecule has 0 bridgehead atoms. The summed E-state index contributed by atoms with van der Waals surface area (Å²) in [5.41, 5.74) is 5.00. The van der Waals surface area contributed by atoms with Crippen LogP contribution in [0.3, 0.4) is 0 Å². The van der Waals surface area contributed by atoms with Crippen LogP contribution in [0.15, 0.2) is 36.1 Å². The summed E-state index contributed by atoms with van der Waals surface area (Å²) >= 11 is 0. The SMILES string of the molecule is Cc1c2c(cc3c1O/C(=C\c1ccc(C(C)(C)C)cc1)C3=O)CN(C1CC1)CO2. The van der Waals surface area contributed by atoms with Gasteiger partial charge in [-0.3, -0.25) is 9.69 Å². The Morgan fingerprint density at radius 1 is 1.10 bits per heavy atom. The van der Waals surface area contributed by atoms with Crippen molar-refractivity contribution >= 4 is 11.9 Å². The number of hydrogen-bond acceptors (Lipinski definition) is 4. The van der Waals surface area contributed by atoms with E-state index in [0.717, 1.165) is 29.0 Å². The molecule has 29 heavy (non-hydrogen) atoms. The van der Waals surface area contributed by atoms with E-state index in [2.05, 4.69) is 37.8 Å². The van der Waals surface area contributed by atoms with Crippen LogP contribution >= 0.6 is 0 Å². The Balaban J connectivity index is 1.45. The minimum Gasteiger partial charge on any atom is -0.477 e. The Labute approximate surface area is 172 Å². The van der Waals surface area contributed by atoms with Gasteiger partial charge in [-0.25, -0.2) is 0 Å². The molecular weight excluding hydrogens is 362 g/mol. The molecule has 2 aromatic carbocycles. The lowest BCUT2D eigenvalue weighted by atomic mass is 9.86. The molecule has 1 saturated carbocycles. The highest BCUT2D eigenvalue weighted by Gasteiger charge is 2.36. The molecule has 4 nitrogen and oxygen atoms in total. The Bertz CT molecular complexity index is 1020. The number of allylic oxidation sites excluding steroid dienone is 1. The molecule has 4 heteroatoms. The zero-order valence-corrected chi connectivity index (χ0v) is 17.5. The van der Waals surface area contributed by atoms with E-state index in [-0.39, 0.29) is 11.2 Å². The third-order valence-electron chi connectivity index (χ3n) is 6.10. The first-order chi connectivity index (χ1) is 13.8. The van der Waals surface area contributed by atoms with Gasteiger partial charge in [0.05, 0.1) is 5.56 Å². The summed E-state index contributed by atoms with van der Waals surface area (Å²) in [6.45, 7) is 10.0. The topological polar surface area (TPSA) is 38.8 Å². The zero-order valence-electron chi connectivity index (χ0n) is 17.5. The van der Waals surface area contributed by atoms with Crippen molar-refractivity contribution in [2.24, 2.45) is 0 Å². The van der Waals surface area contributed by atoms with Gasteiger partial charge in [0.15, 0.2) is 5.76 Å². The van der Waals surface area contributed by atoms with Crippen molar-refractivity contribution < 1.29 is 14.3 Å². The van der Waals surface area contributed by atoms with E-state index in [4.69, 9.17) is 9.47 Å². The van der Waals surface area contributed by atoms with Gasteiger partial charge in [-0.1, -0.05) is 45.0 Å². The van der Waals surface area contributed by atoms with Crippen LogP contribution in [0.25, 0.3) is 6.08 Å². The summed E-state index contributed by atoms with van der Waals surface area (Å²) in [5, 5.41) is 0. The summed E-state index contributed by atoms with van der Waals surface area (Å²) in [6, 6.07) is 10.9. The highest BCUT2D eigenvalue weighted by molar-refractivity contribution is 6.15. The van der Waals surface area contributed by atoms with E-state index >= 15 is 0 Å². The number of fused-ring (bicyclic) bond motifs is 2. The molecule has 5 rings (SSSR count). The second-order valence-electron chi connectivity index (χ2n) is 9.43. The van der Waals surface area contributed by atoms with E-state index in [1.807, 2.05) is 31.2 Å². The van der Waals surface area contributed by atoms with Gasteiger partial charge in [0.1, 0.15) is 18.2 Å². The van der Waals surface area contributed by atoms with Gasteiger partial charge in [0.25, 0.3) is 0 Å². The summed E-state index contributed by atoms with van der Waals surface area (Å²) in [6.07, 6.45) is 4.32. The molecule has 0 unspecified atom stereocenters. The number of rotatable bonds is 2. The summed E-state index contributed by atoms with van der Waals surface area (Å²) < 4.78 is 12.1. The van der Waals surface area contributed by atoms with E-state index in [0.29, 0.717) is 29.8 Å². The molecule has 2 aliphatic heterocycles. The van der Waals surface area contributed by atoms with Gasteiger partial charge >= 0.3 is 0 Å². The molecule has 2 heterocycles. The van der Waals surface area contributed by atoms with Crippen LogP contribution in [0.4, 0.5) is 0 Å². The first-order valence-corrected chi connectivity index (χ1v) is 10.4. The number of benzene rings is 2. The van der Waals surface area contributed by atoms with Gasteiger partial charge in [-0.05, 0) is 48.4 Å².